The van der Waals surface area contributed by atoms with Crippen molar-refractivity contribution in [1.29, 1.82) is 0 Å². The molecule has 0 radical (unpaired) electrons. The van der Waals surface area contributed by atoms with Crippen molar-refractivity contribution in [2.24, 2.45) is 0 Å². The molecule has 28 heavy (non-hydrogen) atoms. The fourth-order valence-electron chi connectivity index (χ4n) is 3.55. The summed E-state index contributed by atoms with van der Waals surface area (Å²) in [6.07, 6.45) is 3.05. The van der Waals surface area contributed by atoms with E-state index in [2.05, 4.69) is 15.3 Å². The van der Waals surface area contributed by atoms with Crippen molar-refractivity contribution in [2.75, 3.05) is 32.1 Å². The fourth-order valence-corrected chi connectivity index (χ4v) is 4.16. The Morgan fingerprint density at radius 2 is 2.29 bits per heavy atom. The predicted octanol–water partition coefficient (Wildman–Crippen LogP) is 0.897. The molecule has 2 atom stereocenters. The Morgan fingerprint density at radius 1 is 1.46 bits per heavy atom. The first-order valence-electron chi connectivity index (χ1n) is 8.78. The van der Waals surface area contributed by atoms with Crippen LogP contribution in [0.1, 0.15) is 5.56 Å². The van der Waals surface area contributed by atoms with Crippen LogP contribution in [0.2, 0.25) is 0 Å². The van der Waals surface area contributed by atoms with E-state index < -0.39 is 17.9 Å². The van der Waals surface area contributed by atoms with Gasteiger partial charge in [0.15, 0.2) is 27.8 Å². The molecule has 2 N–H and O–H groups in total. The third-order valence-electron chi connectivity index (χ3n) is 5.02. The highest BCUT2D eigenvalue weighted by Gasteiger charge is 2.34. The van der Waals surface area contributed by atoms with Gasteiger partial charge in [0, 0.05) is 43.5 Å². The van der Waals surface area contributed by atoms with Gasteiger partial charge in [0.1, 0.15) is 0 Å². The summed E-state index contributed by atoms with van der Waals surface area (Å²) in [6.45, 7) is 0.559. The van der Waals surface area contributed by atoms with Gasteiger partial charge in [0.2, 0.25) is 0 Å². The van der Waals surface area contributed by atoms with Gasteiger partial charge in [-0.1, -0.05) is 0 Å². The van der Waals surface area contributed by atoms with Crippen LogP contribution >= 0.6 is 11.3 Å². The third kappa shape index (κ3) is 3.08. The first-order valence-corrected chi connectivity index (χ1v) is 9.65. The second-order valence-corrected chi connectivity index (χ2v) is 7.44. The van der Waals surface area contributed by atoms with Gasteiger partial charge in [0.05, 0.1) is 24.1 Å². The zero-order valence-corrected chi connectivity index (χ0v) is 16.2. The average molecular weight is 405 g/mol. The molecule has 1 saturated heterocycles. The van der Waals surface area contributed by atoms with E-state index in [0.29, 0.717) is 23.9 Å². The minimum absolute atomic E-state index is 0.0415. The van der Waals surface area contributed by atoms with Crippen LogP contribution in [0, 0.1) is 5.82 Å². The molecule has 1 aliphatic heterocycles. The van der Waals surface area contributed by atoms with Gasteiger partial charge in [0.25, 0.3) is 0 Å². The van der Waals surface area contributed by atoms with Gasteiger partial charge in [-0.15, -0.1) is 11.3 Å². The smallest absolute Gasteiger partial charge is 0.196 e. The largest absolute Gasteiger partial charge is 0.391 e. The van der Waals surface area contributed by atoms with Crippen LogP contribution in [0.3, 0.4) is 0 Å². The molecule has 10 heteroatoms. The van der Waals surface area contributed by atoms with Crippen molar-refractivity contribution >= 4 is 28.2 Å². The molecule has 1 fully saturated rings. The van der Waals surface area contributed by atoms with Gasteiger partial charge in [-0.3, -0.25) is 9.36 Å². The number of aliphatic hydroxyl groups is 1. The lowest BCUT2D eigenvalue weighted by atomic mass is 10.2. The second-order valence-electron chi connectivity index (χ2n) is 6.57. The number of halogens is 1. The maximum absolute atomic E-state index is 14.9. The third-order valence-corrected chi connectivity index (χ3v) is 5.79. The van der Waals surface area contributed by atoms with Gasteiger partial charge in [-0.2, -0.15) is 0 Å². The zero-order chi connectivity index (χ0) is 19.8. The summed E-state index contributed by atoms with van der Waals surface area (Å²) in [5.74, 6) is -0.425. The molecule has 3 aromatic rings. The summed E-state index contributed by atoms with van der Waals surface area (Å²) >= 11 is 1.36. The normalized spacial score (nSPS) is 19.6. The SMILES string of the molecule is CN[C@H]1CN(c2nc3c(cc2F)c(=O)c(CO)cn3-c2nccs2)C[C@@H]1OC. The number of aliphatic hydroxyl groups excluding tert-OH is 1. The minimum Gasteiger partial charge on any atom is -0.391 e. The van der Waals surface area contributed by atoms with Crippen LogP contribution in [0.5, 0.6) is 0 Å². The number of fused-ring (bicyclic) bond motifs is 1. The first kappa shape index (κ1) is 18.9. The lowest BCUT2D eigenvalue weighted by Gasteiger charge is -2.19. The average Bonchev–Trinajstić information content (AvgIpc) is 3.38. The first-order chi connectivity index (χ1) is 13.6. The molecule has 0 aliphatic carbocycles. The Bertz CT molecular complexity index is 1040. The maximum atomic E-state index is 14.9. The lowest BCUT2D eigenvalue weighted by Crippen LogP contribution is -2.37. The zero-order valence-electron chi connectivity index (χ0n) is 15.4. The Kier molecular flexibility index (Phi) is 5.11. The minimum atomic E-state index is -0.586. The molecule has 0 saturated carbocycles. The van der Waals surface area contributed by atoms with Crippen LogP contribution in [0.4, 0.5) is 10.2 Å². The number of nitrogens with one attached hydrogen (secondary N) is 1. The van der Waals surface area contributed by atoms with E-state index in [1.807, 2.05) is 7.05 Å². The molecular formula is C18H20FN5O3S. The van der Waals surface area contributed by atoms with Crippen molar-refractivity contribution in [2.45, 2.75) is 18.8 Å². The van der Waals surface area contributed by atoms with E-state index in [4.69, 9.17) is 4.74 Å². The lowest BCUT2D eigenvalue weighted by molar-refractivity contribution is 0.0996. The number of likely N-dealkylation sites (N-methyl/N-ethyl adjacent to an activating group) is 1. The van der Waals surface area contributed by atoms with E-state index in [9.17, 15) is 14.3 Å². The molecule has 1 aliphatic rings. The number of nitrogens with zero attached hydrogens (tertiary/aromatic N) is 4. The van der Waals surface area contributed by atoms with Crippen LogP contribution in [-0.2, 0) is 11.3 Å². The van der Waals surface area contributed by atoms with Crippen LogP contribution in [0.15, 0.2) is 28.6 Å². The highest BCUT2D eigenvalue weighted by atomic mass is 32.1. The number of methoxy groups -OCH3 is 1. The van der Waals surface area contributed by atoms with Gasteiger partial charge >= 0.3 is 0 Å². The van der Waals surface area contributed by atoms with E-state index >= 15 is 0 Å². The molecule has 4 heterocycles. The Labute approximate surface area is 164 Å². The number of ether oxygens (including phenoxy) is 1. The summed E-state index contributed by atoms with van der Waals surface area (Å²) in [6, 6.07) is 1.23. The molecule has 0 unspecified atom stereocenters. The van der Waals surface area contributed by atoms with Crippen molar-refractivity contribution in [1.82, 2.24) is 19.9 Å². The number of rotatable bonds is 5. The Morgan fingerprint density at radius 3 is 2.89 bits per heavy atom. The molecular weight excluding hydrogens is 385 g/mol. The van der Waals surface area contributed by atoms with E-state index in [0.717, 1.165) is 0 Å². The summed E-state index contributed by atoms with van der Waals surface area (Å²) in [7, 11) is 3.46. The summed E-state index contributed by atoms with van der Waals surface area (Å²) in [4.78, 5) is 23.2. The maximum Gasteiger partial charge on any atom is 0.196 e. The van der Waals surface area contributed by atoms with Crippen molar-refractivity contribution in [3.05, 3.63) is 45.4 Å². The standard InChI is InChI=1S/C18H20FN5O3S/c1-20-13-7-23(8-14(13)27-2)17-12(19)5-11-15(26)10(9-25)6-24(16(11)22-17)18-21-3-4-28-18/h3-6,13-14,20,25H,7-9H2,1-2H3/t13-,14-/m0/s1. The number of thiazole rings is 1. The van der Waals surface area contributed by atoms with Crippen LogP contribution in [0.25, 0.3) is 16.2 Å². The number of anilines is 1. The number of hydrogen-bond donors (Lipinski definition) is 2. The number of pyridine rings is 2. The van der Waals surface area contributed by atoms with E-state index in [-0.39, 0.29) is 28.9 Å². The predicted molar refractivity (Wildman–Crippen MR) is 105 cm³/mol. The molecule has 0 bridgehead atoms. The van der Waals surface area contributed by atoms with Gasteiger partial charge in [-0.05, 0) is 13.1 Å². The molecule has 4 rings (SSSR count). The Balaban J connectivity index is 1.90. The fraction of sp³-hybridized carbons (Fsp3) is 0.389. The Hall–Kier alpha value is -2.40. The summed E-state index contributed by atoms with van der Waals surface area (Å²) < 4.78 is 22.0. The molecule has 0 amide bonds. The molecule has 8 nitrogen and oxygen atoms in total. The summed E-state index contributed by atoms with van der Waals surface area (Å²) in [5, 5.41) is 15.2. The highest BCUT2D eigenvalue weighted by molar-refractivity contribution is 7.12. The molecule has 3 aromatic heterocycles. The van der Waals surface area contributed by atoms with Crippen molar-refractivity contribution in [3.63, 3.8) is 0 Å². The number of aromatic nitrogens is 3. The van der Waals surface area contributed by atoms with E-state index in [1.165, 1.54) is 23.6 Å². The highest BCUT2D eigenvalue weighted by Crippen LogP contribution is 2.27. The molecule has 0 aromatic carbocycles. The molecule has 0 spiro atoms. The molecule has 148 valence electrons. The van der Waals surface area contributed by atoms with Crippen molar-refractivity contribution in [3.8, 4) is 5.13 Å². The quantitative estimate of drug-likeness (QED) is 0.651. The van der Waals surface area contributed by atoms with Crippen LogP contribution in [-0.4, -0.2) is 59.0 Å². The van der Waals surface area contributed by atoms with Crippen LogP contribution < -0.4 is 15.6 Å². The monoisotopic (exact) mass is 405 g/mol. The second kappa shape index (κ2) is 7.55. The number of hydrogen-bond acceptors (Lipinski definition) is 8. The summed E-state index contributed by atoms with van der Waals surface area (Å²) in [5.41, 5.74) is 0.0236. The van der Waals surface area contributed by atoms with E-state index in [1.54, 1.807) is 28.2 Å². The van der Waals surface area contributed by atoms with Gasteiger partial charge in [-0.25, -0.2) is 14.4 Å². The van der Waals surface area contributed by atoms with Gasteiger partial charge < -0.3 is 20.1 Å². The van der Waals surface area contributed by atoms with Crippen molar-refractivity contribution < 1.29 is 14.2 Å². The topological polar surface area (TPSA) is 92.5 Å².